The van der Waals surface area contributed by atoms with Crippen molar-refractivity contribution in [3.8, 4) is 0 Å². The van der Waals surface area contributed by atoms with E-state index in [0.29, 0.717) is 13.0 Å². The normalized spacial score (nSPS) is 12.6. The molecule has 3 heteroatoms. The first-order chi connectivity index (χ1) is 5.70. The van der Waals surface area contributed by atoms with Crippen molar-refractivity contribution in [2.24, 2.45) is 5.73 Å². The minimum absolute atomic E-state index is 0.140. The second-order valence-electron chi connectivity index (χ2n) is 3.06. The lowest BCUT2D eigenvalue weighted by molar-refractivity contribution is -0.121. The average Bonchev–Trinajstić information content (AvgIpc) is 2.04. The molecule has 1 atom stereocenters. The van der Waals surface area contributed by atoms with E-state index in [0.717, 1.165) is 19.3 Å². The summed E-state index contributed by atoms with van der Waals surface area (Å²) in [5.41, 5.74) is 5.68. The van der Waals surface area contributed by atoms with Crippen molar-refractivity contribution in [2.75, 3.05) is 6.54 Å². The minimum Gasteiger partial charge on any atom is -0.356 e. The van der Waals surface area contributed by atoms with Gasteiger partial charge in [-0.1, -0.05) is 13.8 Å². The SMILES string of the molecule is CCCC(=O)NCCC(N)CC. The van der Waals surface area contributed by atoms with Gasteiger partial charge >= 0.3 is 0 Å². The van der Waals surface area contributed by atoms with Gasteiger partial charge in [0, 0.05) is 19.0 Å². The Kier molecular flexibility index (Phi) is 6.76. The van der Waals surface area contributed by atoms with Crippen LogP contribution in [0.4, 0.5) is 0 Å². The van der Waals surface area contributed by atoms with Gasteiger partial charge in [-0.25, -0.2) is 0 Å². The van der Waals surface area contributed by atoms with Gasteiger partial charge in [0.15, 0.2) is 0 Å². The molecule has 0 saturated carbocycles. The molecule has 72 valence electrons. The van der Waals surface area contributed by atoms with Crippen LogP contribution in [-0.2, 0) is 4.79 Å². The molecule has 3 N–H and O–H groups in total. The minimum atomic E-state index is 0.140. The first kappa shape index (κ1) is 11.4. The monoisotopic (exact) mass is 172 g/mol. The Labute approximate surface area is 74.7 Å². The number of rotatable bonds is 6. The number of amides is 1. The molecule has 0 radical (unpaired) electrons. The van der Waals surface area contributed by atoms with Crippen LogP contribution >= 0.6 is 0 Å². The van der Waals surface area contributed by atoms with Crippen LogP contribution in [0.2, 0.25) is 0 Å². The summed E-state index contributed by atoms with van der Waals surface area (Å²) in [5.74, 6) is 0.140. The van der Waals surface area contributed by atoms with Crippen LogP contribution in [0, 0.1) is 0 Å². The molecule has 3 nitrogen and oxygen atoms in total. The van der Waals surface area contributed by atoms with Gasteiger partial charge in [-0.3, -0.25) is 4.79 Å². The molecule has 1 unspecified atom stereocenters. The van der Waals surface area contributed by atoms with Gasteiger partial charge in [-0.15, -0.1) is 0 Å². The summed E-state index contributed by atoms with van der Waals surface area (Å²) < 4.78 is 0. The molecule has 0 spiro atoms. The molecule has 0 aliphatic carbocycles. The van der Waals surface area contributed by atoms with Crippen LogP contribution in [0.3, 0.4) is 0 Å². The van der Waals surface area contributed by atoms with Crippen LogP contribution in [0.1, 0.15) is 39.5 Å². The summed E-state index contributed by atoms with van der Waals surface area (Å²) >= 11 is 0. The van der Waals surface area contributed by atoms with E-state index >= 15 is 0 Å². The van der Waals surface area contributed by atoms with Crippen molar-refractivity contribution in [3.63, 3.8) is 0 Å². The molecule has 0 saturated heterocycles. The molecular weight excluding hydrogens is 152 g/mol. The highest BCUT2D eigenvalue weighted by Gasteiger charge is 2.00. The van der Waals surface area contributed by atoms with Crippen molar-refractivity contribution >= 4 is 5.91 Å². The molecule has 0 aliphatic rings. The van der Waals surface area contributed by atoms with Crippen molar-refractivity contribution in [3.05, 3.63) is 0 Å². The Balaban J connectivity index is 3.24. The van der Waals surface area contributed by atoms with Gasteiger partial charge in [-0.2, -0.15) is 0 Å². The maximum absolute atomic E-state index is 11.0. The zero-order valence-corrected chi connectivity index (χ0v) is 8.10. The molecule has 0 aromatic heterocycles. The van der Waals surface area contributed by atoms with Crippen molar-refractivity contribution in [1.82, 2.24) is 5.32 Å². The van der Waals surface area contributed by atoms with Crippen molar-refractivity contribution < 1.29 is 4.79 Å². The van der Waals surface area contributed by atoms with E-state index < -0.39 is 0 Å². The first-order valence-corrected chi connectivity index (χ1v) is 4.73. The number of carbonyl (C=O) groups is 1. The topological polar surface area (TPSA) is 55.1 Å². The summed E-state index contributed by atoms with van der Waals surface area (Å²) in [4.78, 5) is 11.0. The fraction of sp³-hybridized carbons (Fsp3) is 0.889. The number of hydrogen-bond acceptors (Lipinski definition) is 2. The highest BCUT2D eigenvalue weighted by atomic mass is 16.1. The third-order valence-electron chi connectivity index (χ3n) is 1.84. The lowest BCUT2D eigenvalue weighted by atomic mass is 10.2. The number of nitrogens with one attached hydrogen (secondary N) is 1. The van der Waals surface area contributed by atoms with Gasteiger partial charge in [0.25, 0.3) is 0 Å². The summed E-state index contributed by atoms with van der Waals surface area (Å²) in [6.07, 6.45) is 3.39. The molecular formula is C9H20N2O. The molecule has 0 aromatic rings. The van der Waals surface area contributed by atoms with Gasteiger partial charge in [-0.05, 0) is 19.3 Å². The summed E-state index contributed by atoms with van der Waals surface area (Å²) in [6, 6.07) is 0.229. The Morgan fingerprint density at radius 2 is 2.17 bits per heavy atom. The van der Waals surface area contributed by atoms with E-state index in [4.69, 9.17) is 5.73 Å². The van der Waals surface area contributed by atoms with E-state index in [9.17, 15) is 4.79 Å². The third kappa shape index (κ3) is 6.16. The van der Waals surface area contributed by atoms with Crippen LogP contribution in [0.15, 0.2) is 0 Å². The molecule has 0 rings (SSSR count). The van der Waals surface area contributed by atoms with E-state index in [1.54, 1.807) is 0 Å². The largest absolute Gasteiger partial charge is 0.356 e. The highest BCUT2D eigenvalue weighted by molar-refractivity contribution is 5.75. The molecule has 1 amide bonds. The van der Waals surface area contributed by atoms with Gasteiger partial charge in [0.2, 0.25) is 5.91 Å². The Morgan fingerprint density at radius 3 is 2.67 bits per heavy atom. The second kappa shape index (κ2) is 7.10. The van der Waals surface area contributed by atoms with E-state index in [2.05, 4.69) is 12.2 Å². The number of hydrogen-bond donors (Lipinski definition) is 2. The zero-order chi connectivity index (χ0) is 9.40. The summed E-state index contributed by atoms with van der Waals surface area (Å²) in [7, 11) is 0. The quantitative estimate of drug-likeness (QED) is 0.628. The third-order valence-corrected chi connectivity index (χ3v) is 1.84. The highest BCUT2D eigenvalue weighted by Crippen LogP contribution is 1.92. The average molecular weight is 172 g/mol. The van der Waals surface area contributed by atoms with Gasteiger partial charge < -0.3 is 11.1 Å². The summed E-state index contributed by atoms with van der Waals surface area (Å²) in [5, 5.41) is 2.83. The number of carbonyl (C=O) groups excluding carboxylic acids is 1. The molecule has 0 heterocycles. The lowest BCUT2D eigenvalue weighted by Crippen LogP contribution is -2.29. The molecule has 0 fully saturated rings. The maximum atomic E-state index is 11.0. The van der Waals surface area contributed by atoms with Crippen molar-refractivity contribution in [2.45, 2.75) is 45.6 Å². The first-order valence-electron chi connectivity index (χ1n) is 4.73. The van der Waals surface area contributed by atoms with Crippen LogP contribution in [0.25, 0.3) is 0 Å². The summed E-state index contributed by atoms with van der Waals surface area (Å²) in [6.45, 7) is 4.77. The van der Waals surface area contributed by atoms with Crippen LogP contribution < -0.4 is 11.1 Å². The Hall–Kier alpha value is -0.570. The smallest absolute Gasteiger partial charge is 0.219 e. The molecule has 12 heavy (non-hydrogen) atoms. The predicted octanol–water partition coefficient (Wildman–Crippen LogP) is 1.03. The van der Waals surface area contributed by atoms with Crippen LogP contribution in [-0.4, -0.2) is 18.5 Å². The second-order valence-corrected chi connectivity index (χ2v) is 3.06. The molecule has 0 aromatic carbocycles. The Morgan fingerprint density at radius 1 is 1.50 bits per heavy atom. The van der Waals surface area contributed by atoms with E-state index in [1.165, 1.54) is 0 Å². The standard InChI is InChI=1S/C9H20N2O/c1-3-5-9(12)11-7-6-8(10)4-2/h8H,3-7,10H2,1-2H3,(H,11,12). The fourth-order valence-electron chi connectivity index (χ4n) is 0.917. The van der Waals surface area contributed by atoms with Gasteiger partial charge in [0.1, 0.15) is 0 Å². The molecule has 0 aliphatic heterocycles. The lowest BCUT2D eigenvalue weighted by Gasteiger charge is -2.08. The predicted molar refractivity (Wildman–Crippen MR) is 50.8 cm³/mol. The van der Waals surface area contributed by atoms with Crippen molar-refractivity contribution in [1.29, 1.82) is 0 Å². The molecule has 0 bridgehead atoms. The van der Waals surface area contributed by atoms with Gasteiger partial charge in [0.05, 0.1) is 0 Å². The van der Waals surface area contributed by atoms with E-state index in [-0.39, 0.29) is 11.9 Å². The van der Waals surface area contributed by atoms with E-state index in [1.807, 2.05) is 6.92 Å². The number of nitrogens with two attached hydrogens (primary N) is 1. The van der Waals surface area contributed by atoms with Crippen LogP contribution in [0.5, 0.6) is 0 Å². The Bertz CT molecular complexity index is 126. The fourth-order valence-corrected chi connectivity index (χ4v) is 0.917. The maximum Gasteiger partial charge on any atom is 0.219 e. The zero-order valence-electron chi connectivity index (χ0n) is 8.10.